The first-order valence-corrected chi connectivity index (χ1v) is 8.98. The predicted octanol–water partition coefficient (Wildman–Crippen LogP) is 4.06. The van der Waals surface area contributed by atoms with E-state index in [1.807, 2.05) is 37.3 Å². The summed E-state index contributed by atoms with van der Waals surface area (Å²) in [5.41, 5.74) is 4.10. The predicted molar refractivity (Wildman–Crippen MR) is 103 cm³/mol. The third kappa shape index (κ3) is 4.74. The van der Waals surface area contributed by atoms with Crippen molar-refractivity contribution in [2.45, 2.75) is 19.8 Å². The van der Waals surface area contributed by atoms with Crippen LogP contribution >= 0.6 is 11.6 Å². The third-order valence-electron chi connectivity index (χ3n) is 4.44. The van der Waals surface area contributed by atoms with Crippen molar-refractivity contribution in [1.82, 2.24) is 0 Å². The summed E-state index contributed by atoms with van der Waals surface area (Å²) < 4.78 is 5.39. The van der Waals surface area contributed by atoms with Gasteiger partial charge >= 0.3 is 0 Å². The summed E-state index contributed by atoms with van der Waals surface area (Å²) in [4.78, 5) is 14.6. The third-order valence-corrected chi connectivity index (χ3v) is 4.81. The molecule has 25 heavy (non-hydrogen) atoms. The average Bonchev–Trinajstić information content (AvgIpc) is 2.63. The van der Waals surface area contributed by atoms with Crippen LogP contribution in [0.15, 0.2) is 42.5 Å². The lowest BCUT2D eigenvalue weighted by Crippen LogP contribution is -2.36. The number of benzene rings is 2. The minimum Gasteiger partial charge on any atom is -0.378 e. The van der Waals surface area contributed by atoms with Crippen molar-refractivity contribution in [1.29, 1.82) is 0 Å². The normalized spacial score (nSPS) is 14.4. The molecule has 3 rings (SSSR count). The standard InChI is InChI=1S/C20H23ClN2O2/c1-15-14-17(23-10-12-25-13-11-23)7-8-19(15)22-20(24)9-6-16-4-2-3-5-18(16)21/h2-5,7-8,14H,6,9-13H2,1H3,(H,22,24). The van der Waals surface area contributed by atoms with Crippen LogP contribution in [-0.4, -0.2) is 32.2 Å². The zero-order chi connectivity index (χ0) is 17.6. The topological polar surface area (TPSA) is 41.6 Å². The van der Waals surface area contributed by atoms with Crippen molar-refractivity contribution in [3.63, 3.8) is 0 Å². The summed E-state index contributed by atoms with van der Waals surface area (Å²) in [6.45, 7) is 5.36. The number of hydrogen-bond acceptors (Lipinski definition) is 3. The molecule has 2 aromatic rings. The number of anilines is 2. The smallest absolute Gasteiger partial charge is 0.224 e. The zero-order valence-electron chi connectivity index (χ0n) is 14.4. The molecular weight excluding hydrogens is 336 g/mol. The van der Waals surface area contributed by atoms with E-state index in [9.17, 15) is 4.79 Å². The molecule has 4 nitrogen and oxygen atoms in total. The van der Waals surface area contributed by atoms with E-state index >= 15 is 0 Å². The van der Waals surface area contributed by atoms with Crippen LogP contribution in [-0.2, 0) is 16.0 Å². The molecule has 1 amide bonds. The van der Waals surface area contributed by atoms with E-state index in [0.717, 1.165) is 43.1 Å². The Bertz CT molecular complexity index is 742. The summed E-state index contributed by atoms with van der Waals surface area (Å²) in [7, 11) is 0. The Labute approximate surface area is 153 Å². The highest BCUT2D eigenvalue weighted by atomic mass is 35.5. The van der Waals surface area contributed by atoms with Gasteiger partial charge in [-0.15, -0.1) is 0 Å². The van der Waals surface area contributed by atoms with Gasteiger partial charge in [-0.1, -0.05) is 29.8 Å². The lowest BCUT2D eigenvalue weighted by atomic mass is 10.1. The number of aryl methyl sites for hydroxylation is 2. The number of ether oxygens (including phenoxy) is 1. The van der Waals surface area contributed by atoms with Crippen LogP contribution in [0.5, 0.6) is 0 Å². The van der Waals surface area contributed by atoms with E-state index in [2.05, 4.69) is 22.3 Å². The zero-order valence-corrected chi connectivity index (χ0v) is 15.2. The molecule has 0 aliphatic carbocycles. The molecule has 1 fully saturated rings. The Morgan fingerprint density at radius 3 is 2.68 bits per heavy atom. The highest BCUT2D eigenvalue weighted by molar-refractivity contribution is 6.31. The first-order chi connectivity index (χ1) is 12.1. The Balaban J connectivity index is 1.58. The monoisotopic (exact) mass is 358 g/mol. The van der Waals surface area contributed by atoms with Gasteiger partial charge in [-0.25, -0.2) is 0 Å². The van der Waals surface area contributed by atoms with Gasteiger partial charge in [0.2, 0.25) is 5.91 Å². The highest BCUT2D eigenvalue weighted by Gasteiger charge is 2.13. The largest absolute Gasteiger partial charge is 0.378 e. The molecule has 0 atom stereocenters. The lowest BCUT2D eigenvalue weighted by Gasteiger charge is -2.29. The van der Waals surface area contributed by atoms with Crippen molar-refractivity contribution in [3.05, 3.63) is 58.6 Å². The Morgan fingerprint density at radius 2 is 1.96 bits per heavy atom. The number of nitrogens with zero attached hydrogens (tertiary/aromatic N) is 1. The summed E-state index contributed by atoms with van der Waals surface area (Å²) >= 11 is 6.14. The summed E-state index contributed by atoms with van der Waals surface area (Å²) in [6, 6.07) is 13.8. The maximum absolute atomic E-state index is 12.3. The number of amides is 1. The number of halogens is 1. The van der Waals surface area contributed by atoms with E-state index in [4.69, 9.17) is 16.3 Å². The van der Waals surface area contributed by atoms with Crippen molar-refractivity contribution >= 4 is 28.9 Å². The quantitative estimate of drug-likeness (QED) is 0.876. The minimum absolute atomic E-state index is 0.00198. The molecule has 0 spiro atoms. The van der Waals surface area contributed by atoms with Crippen LogP contribution in [0.4, 0.5) is 11.4 Å². The fourth-order valence-corrected chi connectivity index (χ4v) is 3.20. The maximum Gasteiger partial charge on any atom is 0.224 e. The van der Waals surface area contributed by atoms with Gasteiger partial charge in [0.05, 0.1) is 13.2 Å². The van der Waals surface area contributed by atoms with Gasteiger partial charge in [-0.3, -0.25) is 4.79 Å². The Hall–Kier alpha value is -2.04. The second kappa shape index (κ2) is 8.37. The molecule has 1 N–H and O–H groups in total. The van der Waals surface area contributed by atoms with E-state index in [0.29, 0.717) is 17.9 Å². The second-order valence-electron chi connectivity index (χ2n) is 6.24. The molecule has 0 saturated carbocycles. The maximum atomic E-state index is 12.3. The summed E-state index contributed by atoms with van der Waals surface area (Å²) in [6.07, 6.45) is 1.05. The molecule has 0 aromatic heterocycles. The fourth-order valence-electron chi connectivity index (χ4n) is 2.97. The number of carbonyl (C=O) groups excluding carboxylic acids is 1. The van der Waals surface area contributed by atoms with Gasteiger partial charge in [0.15, 0.2) is 0 Å². The number of hydrogen-bond donors (Lipinski definition) is 1. The summed E-state index contributed by atoms with van der Waals surface area (Å²) in [5.74, 6) is 0.00198. The van der Waals surface area contributed by atoms with Crippen molar-refractivity contribution in [2.24, 2.45) is 0 Å². The number of carbonyl (C=O) groups is 1. The lowest BCUT2D eigenvalue weighted by molar-refractivity contribution is -0.116. The van der Waals surface area contributed by atoms with E-state index in [1.165, 1.54) is 5.69 Å². The molecule has 5 heteroatoms. The van der Waals surface area contributed by atoms with Gasteiger partial charge in [0, 0.05) is 35.9 Å². The number of morpholine rings is 1. The first kappa shape index (κ1) is 17.8. The molecule has 132 valence electrons. The van der Waals surface area contributed by atoms with Gasteiger partial charge in [-0.05, 0) is 48.7 Å². The molecular formula is C20H23ClN2O2. The van der Waals surface area contributed by atoms with Crippen LogP contribution in [0.25, 0.3) is 0 Å². The van der Waals surface area contributed by atoms with Gasteiger partial charge in [-0.2, -0.15) is 0 Å². The van der Waals surface area contributed by atoms with Gasteiger partial charge in [0.1, 0.15) is 0 Å². The molecule has 2 aromatic carbocycles. The molecule has 1 aliphatic heterocycles. The molecule has 0 radical (unpaired) electrons. The Kier molecular flexibility index (Phi) is 5.95. The van der Waals surface area contributed by atoms with E-state index in [-0.39, 0.29) is 5.91 Å². The fraction of sp³-hybridized carbons (Fsp3) is 0.350. The SMILES string of the molecule is Cc1cc(N2CCOCC2)ccc1NC(=O)CCc1ccccc1Cl. The van der Waals surface area contributed by atoms with Gasteiger partial charge < -0.3 is 15.0 Å². The van der Waals surface area contributed by atoms with E-state index in [1.54, 1.807) is 0 Å². The van der Waals surface area contributed by atoms with Crippen molar-refractivity contribution in [3.8, 4) is 0 Å². The van der Waals surface area contributed by atoms with Gasteiger partial charge in [0.25, 0.3) is 0 Å². The Morgan fingerprint density at radius 1 is 1.20 bits per heavy atom. The number of rotatable bonds is 5. The number of nitrogens with one attached hydrogen (secondary N) is 1. The average molecular weight is 359 g/mol. The second-order valence-corrected chi connectivity index (χ2v) is 6.65. The van der Waals surface area contributed by atoms with Crippen molar-refractivity contribution < 1.29 is 9.53 Å². The van der Waals surface area contributed by atoms with Crippen LogP contribution in [0, 0.1) is 6.92 Å². The molecule has 1 heterocycles. The molecule has 0 bridgehead atoms. The van der Waals surface area contributed by atoms with E-state index < -0.39 is 0 Å². The first-order valence-electron chi connectivity index (χ1n) is 8.60. The van der Waals surface area contributed by atoms with Crippen LogP contribution < -0.4 is 10.2 Å². The summed E-state index contributed by atoms with van der Waals surface area (Å²) in [5, 5.41) is 3.71. The molecule has 1 saturated heterocycles. The van der Waals surface area contributed by atoms with Crippen LogP contribution in [0.2, 0.25) is 5.02 Å². The molecule has 1 aliphatic rings. The highest BCUT2D eigenvalue weighted by Crippen LogP contribution is 2.24. The molecule has 0 unspecified atom stereocenters. The minimum atomic E-state index is 0.00198. The van der Waals surface area contributed by atoms with Crippen molar-refractivity contribution in [2.75, 3.05) is 36.5 Å². The van der Waals surface area contributed by atoms with Crippen LogP contribution in [0.3, 0.4) is 0 Å². The van der Waals surface area contributed by atoms with Crippen LogP contribution in [0.1, 0.15) is 17.5 Å².